The summed E-state index contributed by atoms with van der Waals surface area (Å²) in [6, 6.07) is 11.9. The molecule has 3 heterocycles. The van der Waals surface area contributed by atoms with E-state index in [2.05, 4.69) is 17.6 Å². The van der Waals surface area contributed by atoms with Gasteiger partial charge in [0.1, 0.15) is 29.7 Å². The van der Waals surface area contributed by atoms with Crippen LogP contribution in [0.25, 0.3) is 11.3 Å². The Bertz CT molecular complexity index is 1510. The van der Waals surface area contributed by atoms with Gasteiger partial charge in [-0.3, -0.25) is 4.79 Å². The number of nitrogens with one attached hydrogen (secondary N) is 2. The number of likely N-dealkylation sites (tertiary alicyclic amines) is 1. The lowest BCUT2D eigenvalue weighted by atomic mass is 9.86. The van der Waals surface area contributed by atoms with Crippen LogP contribution >= 0.6 is 0 Å². The SMILES string of the molecule is CCCCCNC(=O)N1CCC([C@H](c2nc(-c3cc(F)ccc3F)cn2Cc2ccccc2)N(C[C@@H]2CNC[C@@H]2F)C(=O)[C@H](C)O)CC1. The largest absolute Gasteiger partial charge is 0.384 e. The van der Waals surface area contributed by atoms with Crippen molar-refractivity contribution in [1.82, 2.24) is 30.0 Å². The first-order valence-corrected chi connectivity index (χ1v) is 17.1. The number of rotatable bonds is 13. The van der Waals surface area contributed by atoms with Crippen LogP contribution in [-0.2, 0) is 11.3 Å². The summed E-state index contributed by atoms with van der Waals surface area (Å²) in [5.74, 6) is -2.14. The molecule has 48 heavy (non-hydrogen) atoms. The Kier molecular flexibility index (Phi) is 12.2. The third kappa shape index (κ3) is 8.57. The van der Waals surface area contributed by atoms with Crippen LogP contribution in [0.5, 0.6) is 0 Å². The monoisotopic (exact) mass is 668 g/mol. The summed E-state index contributed by atoms with van der Waals surface area (Å²) in [5.41, 5.74) is 1.10. The predicted molar refractivity (Wildman–Crippen MR) is 178 cm³/mol. The van der Waals surface area contributed by atoms with Crippen LogP contribution in [0.1, 0.15) is 63.4 Å². The maximum atomic E-state index is 15.1. The van der Waals surface area contributed by atoms with E-state index >= 15 is 8.78 Å². The lowest BCUT2D eigenvalue weighted by molar-refractivity contribution is -0.145. The number of aliphatic hydroxyl groups excluding tert-OH is 1. The van der Waals surface area contributed by atoms with Crippen molar-refractivity contribution in [3.63, 3.8) is 0 Å². The van der Waals surface area contributed by atoms with E-state index in [-0.39, 0.29) is 36.3 Å². The molecular formula is C36H47F3N6O3. The van der Waals surface area contributed by atoms with Gasteiger partial charge in [-0.15, -0.1) is 0 Å². The molecular weight excluding hydrogens is 621 g/mol. The number of aromatic nitrogens is 2. The highest BCUT2D eigenvalue weighted by molar-refractivity contribution is 5.81. The number of carbonyl (C=O) groups excluding carboxylic acids is 2. The quantitative estimate of drug-likeness (QED) is 0.215. The molecule has 2 aliphatic heterocycles. The molecule has 0 aliphatic carbocycles. The second-order valence-corrected chi connectivity index (χ2v) is 13.0. The summed E-state index contributed by atoms with van der Waals surface area (Å²) in [7, 11) is 0. The molecule has 3 amide bonds. The molecule has 0 bridgehead atoms. The summed E-state index contributed by atoms with van der Waals surface area (Å²) in [6.07, 6.45) is 3.12. The predicted octanol–water partition coefficient (Wildman–Crippen LogP) is 5.30. The van der Waals surface area contributed by atoms with Crippen molar-refractivity contribution in [3.05, 3.63) is 77.8 Å². The van der Waals surface area contributed by atoms with E-state index in [1.165, 1.54) is 11.8 Å². The van der Waals surface area contributed by atoms with Gasteiger partial charge in [0, 0.05) is 63.5 Å². The molecule has 5 rings (SSSR count). The Morgan fingerprint density at radius 1 is 1.10 bits per heavy atom. The van der Waals surface area contributed by atoms with Crippen LogP contribution in [0.15, 0.2) is 54.7 Å². The number of unbranched alkanes of at least 4 members (excludes halogenated alkanes) is 2. The number of aliphatic hydroxyl groups is 1. The maximum Gasteiger partial charge on any atom is 0.317 e. The van der Waals surface area contributed by atoms with E-state index in [1.54, 1.807) is 11.1 Å². The summed E-state index contributed by atoms with van der Waals surface area (Å²) < 4.78 is 46.4. The number of piperidine rings is 1. The van der Waals surface area contributed by atoms with E-state index in [0.717, 1.165) is 43.0 Å². The van der Waals surface area contributed by atoms with Crippen molar-refractivity contribution in [3.8, 4) is 11.3 Å². The van der Waals surface area contributed by atoms with E-state index in [9.17, 15) is 19.1 Å². The minimum Gasteiger partial charge on any atom is -0.384 e. The van der Waals surface area contributed by atoms with Crippen LogP contribution in [-0.4, -0.2) is 87.9 Å². The molecule has 2 aliphatic rings. The minimum absolute atomic E-state index is 0.0198. The number of hydrogen-bond donors (Lipinski definition) is 3. The zero-order valence-electron chi connectivity index (χ0n) is 27.8. The van der Waals surface area contributed by atoms with Crippen molar-refractivity contribution in [2.24, 2.45) is 11.8 Å². The lowest BCUT2D eigenvalue weighted by Crippen LogP contribution is -2.51. The van der Waals surface area contributed by atoms with Crippen LogP contribution in [0.3, 0.4) is 0 Å². The number of carbonyl (C=O) groups is 2. The van der Waals surface area contributed by atoms with Gasteiger partial charge in [-0.2, -0.15) is 0 Å². The normalized spacial score (nSPS) is 19.7. The second-order valence-electron chi connectivity index (χ2n) is 13.0. The van der Waals surface area contributed by atoms with Crippen molar-refractivity contribution >= 4 is 11.9 Å². The maximum absolute atomic E-state index is 15.1. The molecule has 1 aromatic heterocycles. The van der Waals surface area contributed by atoms with Gasteiger partial charge < -0.3 is 30.1 Å². The zero-order chi connectivity index (χ0) is 34.2. The van der Waals surface area contributed by atoms with Crippen molar-refractivity contribution in [1.29, 1.82) is 0 Å². The van der Waals surface area contributed by atoms with Crippen molar-refractivity contribution in [2.45, 2.75) is 70.8 Å². The van der Waals surface area contributed by atoms with Crippen LogP contribution in [0, 0.1) is 23.5 Å². The molecule has 0 saturated carbocycles. The lowest BCUT2D eigenvalue weighted by Gasteiger charge is -2.42. The number of urea groups is 1. The van der Waals surface area contributed by atoms with Crippen LogP contribution in [0.2, 0.25) is 0 Å². The number of amides is 3. The van der Waals surface area contributed by atoms with Crippen LogP contribution in [0.4, 0.5) is 18.0 Å². The highest BCUT2D eigenvalue weighted by atomic mass is 19.1. The zero-order valence-corrected chi connectivity index (χ0v) is 27.8. The second kappa shape index (κ2) is 16.5. The van der Waals surface area contributed by atoms with Gasteiger partial charge >= 0.3 is 6.03 Å². The smallest absolute Gasteiger partial charge is 0.317 e. The fraction of sp³-hybridized carbons (Fsp3) is 0.528. The number of imidazole rings is 1. The van der Waals surface area contributed by atoms with Gasteiger partial charge in [0.25, 0.3) is 5.91 Å². The molecule has 2 saturated heterocycles. The third-order valence-electron chi connectivity index (χ3n) is 9.47. The highest BCUT2D eigenvalue weighted by Gasteiger charge is 2.42. The van der Waals surface area contributed by atoms with Gasteiger partial charge in [0.2, 0.25) is 0 Å². The molecule has 0 unspecified atom stereocenters. The Labute approximate surface area is 280 Å². The first-order valence-electron chi connectivity index (χ1n) is 17.1. The summed E-state index contributed by atoms with van der Waals surface area (Å²) in [6.45, 7) is 5.84. The minimum atomic E-state index is -1.37. The first-order chi connectivity index (χ1) is 23.2. The number of nitrogens with zero attached hydrogens (tertiary/aromatic N) is 4. The average molecular weight is 669 g/mol. The van der Waals surface area contributed by atoms with Gasteiger partial charge in [-0.1, -0.05) is 50.1 Å². The molecule has 0 spiro atoms. The van der Waals surface area contributed by atoms with E-state index in [1.807, 2.05) is 34.9 Å². The molecule has 0 radical (unpaired) electrons. The fourth-order valence-electron chi connectivity index (χ4n) is 6.82. The Morgan fingerprint density at radius 3 is 2.52 bits per heavy atom. The topological polar surface area (TPSA) is 103 Å². The van der Waals surface area contributed by atoms with Crippen LogP contribution < -0.4 is 10.6 Å². The van der Waals surface area contributed by atoms with Crippen molar-refractivity contribution < 1.29 is 27.9 Å². The summed E-state index contributed by atoms with van der Waals surface area (Å²) in [4.78, 5) is 35.1. The summed E-state index contributed by atoms with van der Waals surface area (Å²) in [5, 5.41) is 16.7. The molecule has 2 aromatic carbocycles. The molecule has 12 heteroatoms. The first kappa shape index (κ1) is 35.4. The Balaban J connectivity index is 1.56. The third-order valence-corrected chi connectivity index (χ3v) is 9.47. The summed E-state index contributed by atoms with van der Waals surface area (Å²) >= 11 is 0. The van der Waals surface area contributed by atoms with E-state index in [0.29, 0.717) is 51.4 Å². The Hall–Kier alpha value is -3.90. The standard InChI is InChI=1S/C36H47F3N6O3/c1-3-4-8-15-41-36(48)43-16-13-26(14-17-43)33(45(35(47)24(2)46)22-27-19-40-20-31(27)39)34-42-32(29-18-28(37)11-12-30(29)38)23-44(34)21-25-9-6-5-7-10-25/h5-7,9-12,18,23-24,26-27,31,33,40,46H,3-4,8,13-17,19-22H2,1-2H3,(H,41,48)/t24-,27-,31-,33+/m0/s1. The van der Waals surface area contributed by atoms with Gasteiger partial charge in [-0.25, -0.2) is 22.9 Å². The number of halogens is 3. The highest BCUT2D eigenvalue weighted by Crippen LogP contribution is 2.39. The number of hydrogen-bond acceptors (Lipinski definition) is 5. The van der Waals surface area contributed by atoms with Gasteiger partial charge in [-0.05, 0) is 55.9 Å². The molecule has 4 atom stereocenters. The fourth-order valence-corrected chi connectivity index (χ4v) is 6.82. The molecule has 2 fully saturated rings. The molecule has 9 nitrogen and oxygen atoms in total. The van der Waals surface area contributed by atoms with Crippen molar-refractivity contribution in [2.75, 3.05) is 39.3 Å². The van der Waals surface area contributed by atoms with Gasteiger partial charge in [0.15, 0.2) is 0 Å². The number of benzene rings is 2. The molecule has 260 valence electrons. The molecule has 3 N–H and O–H groups in total. The molecule has 3 aromatic rings. The van der Waals surface area contributed by atoms with E-state index in [4.69, 9.17) is 4.98 Å². The Morgan fingerprint density at radius 2 is 1.85 bits per heavy atom. The van der Waals surface area contributed by atoms with Gasteiger partial charge in [0.05, 0.1) is 11.7 Å². The van der Waals surface area contributed by atoms with E-state index < -0.39 is 41.8 Å². The average Bonchev–Trinajstić information content (AvgIpc) is 3.69. The number of alkyl halides is 1.